The van der Waals surface area contributed by atoms with Crippen molar-refractivity contribution < 1.29 is 14.3 Å². The molecule has 0 heterocycles. The quantitative estimate of drug-likeness (QED) is 0.641. The lowest BCUT2D eigenvalue weighted by atomic mass is 9.79. The third-order valence-corrected chi connectivity index (χ3v) is 4.27. The fourth-order valence-corrected chi connectivity index (χ4v) is 2.82. The van der Waals surface area contributed by atoms with Crippen molar-refractivity contribution in [1.29, 1.82) is 0 Å². The average Bonchev–Trinajstić information content (AvgIpc) is 2.48. The van der Waals surface area contributed by atoms with Gasteiger partial charge in [-0.25, -0.2) is 0 Å². The summed E-state index contributed by atoms with van der Waals surface area (Å²) in [7, 11) is 5.20. The molecule has 1 fully saturated rings. The van der Waals surface area contributed by atoms with Crippen LogP contribution in [0.2, 0.25) is 0 Å². The van der Waals surface area contributed by atoms with Crippen molar-refractivity contribution in [2.24, 2.45) is 0 Å². The normalized spacial score (nSPS) is 17.3. The van der Waals surface area contributed by atoms with E-state index in [1.165, 1.54) is 11.3 Å². The Morgan fingerprint density at radius 2 is 1.90 bits per heavy atom. The SMILES string of the molecule is CNC1(CC(=O)N(C)CC(=O)NCCOC)CCCCC1. The number of rotatable bonds is 8. The third kappa shape index (κ3) is 6.01. The van der Waals surface area contributed by atoms with Crippen LogP contribution in [0.3, 0.4) is 0 Å². The lowest BCUT2D eigenvalue weighted by molar-refractivity contribution is -0.136. The molecule has 2 N–H and O–H groups in total. The molecule has 0 radical (unpaired) electrons. The van der Waals surface area contributed by atoms with Crippen molar-refractivity contribution in [1.82, 2.24) is 15.5 Å². The maximum Gasteiger partial charge on any atom is 0.239 e. The van der Waals surface area contributed by atoms with Crippen molar-refractivity contribution in [3.8, 4) is 0 Å². The Balaban J connectivity index is 2.40. The second-order valence-electron chi connectivity index (χ2n) is 5.86. The Morgan fingerprint density at radius 3 is 2.48 bits per heavy atom. The molecule has 1 rings (SSSR count). The van der Waals surface area contributed by atoms with E-state index >= 15 is 0 Å². The van der Waals surface area contributed by atoms with Crippen molar-refractivity contribution in [3.05, 3.63) is 0 Å². The van der Waals surface area contributed by atoms with Crippen LogP contribution in [0.4, 0.5) is 0 Å². The molecule has 0 aliphatic heterocycles. The minimum absolute atomic E-state index is 0.0214. The van der Waals surface area contributed by atoms with E-state index in [-0.39, 0.29) is 23.9 Å². The molecule has 1 aliphatic carbocycles. The number of likely N-dealkylation sites (N-methyl/N-ethyl adjacent to an activating group) is 1. The second-order valence-corrected chi connectivity index (χ2v) is 5.86. The summed E-state index contributed by atoms with van der Waals surface area (Å²) in [5.41, 5.74) is -0.0872. The van der Waals surface area contributed by atoms with E-state index < -0.39 is 0 Å². The monoisotopic (exact) mass is 299 g/mol. The smallest absolute Gasteiger partial charge is 0.239 e. The molecule has 0 spiro atoms. The predicted molar refractivity (Wildman–Crippen MR) is 82.0 cm³/mol. The summed E-state index contributed by atoms with van der Waals surface area (Å²) in [6.07, 6.45) is 6.09. The van der Waals surface area contributed by atoms with E-state index in [2.05, 4.69) is 10.6 Å². The van der Waals surface area contributed by atoms with Gasteiger partial charge in [0.15, 0.2) is 0 Å². The van der Waals surface area contributed by atoms with Crippen LogP contribution >= 0.6 is 0 Å². The molecule has 1 saturated carbocycles. The number of carbonyl (C=O) groups excluding carboxylic acids is 2. The molecule has 1 aliphatic rings. The summed E-state index contributed by atoms with van der Waals surface area (Å²) in [5.74, 6) is -0.127. The maximum atomic E-state index is 12.3. The minimum atomic E-state index is -0.148. The van der Waals surface area contributed by atoms with Crippen LogP contribution in [0.25, 0.3) is 0 Å². The zero-order chi connectivity index (χ0) is 15.7. The van der Waals surface area contributed by atoms with Gasteiger partial charge in [0.25, 0.3) is 0 Å². The molecule has 0 aromatic heterocycles. The lowest BCUT2D eigenvalue weighted by Crippen LogP contribution is -2.49. The number of hydrogen-bond acceptors (Lipinski definition) is 4. The summed E-state index contributed by atoms with van der Waals surface area (Å²) >= 11 is 0. The molecule has 0 saturated heterocycles. The first kappa shape index (κ1) is 17.9. The zero-order valence-electron chi connectivity index (χ0n) is 13.5. The van der Waals surface area contributed by atoms with Gasteiger partial charge in [0.2, 0.25) is 11.8 Å². The Bertz CT molecular complexity index is 341. The molecule has 0 aromatic rings. The lowest BCUT2D eigenvalue weighted by Gasteiger charge is -2.37. The van der Waals surface area contributed by atoms with E-state index in [1.807, 2.05) is 7.05 Å². The largest absolute Gasteiger partial charge is 0.383 e. The Morgan fingerprint density at radius 1 is 1.24 bits per heavy atom. The van der Waals surface area contributed by atoms with Crippen molar-refractivity contribution in [2.75, 3.05) is 40.9 Å². The molecule has 122 valence electrons. The highest BCUT2D eigenvalue weighted by molar-refractivity contribution is 5.85. The third-order valence-electron chi connectivity index (χ3n) is 4.27. The van der Waals surface area contributed by atoms with Crippen LogP contribution < -0.4 is 10.6 Å². The van der Waals surface area contributed by atoms with Crippen LogP contribution in [0, 0.1) is 0 Å². The molecule has 0 atom stereocenters. The van der Waals surface area contributed by atoms with Crippen LogP contribution in [-0.2, 0) is 14.3 Å². The number of amides is 2. The minimum Gasteiger partial charge on any atom is -0.383 e. The number of hydrogen-bond donors (Lipinski definition) is 2. The molecule has 21 heavy (non-hydrogen) atoms. The van der Waals surface area contributed by atoms with Gasteiger partial charge in [-0.1, -0.05) is 19.3 Å². The van der Waals surface area contributed by atoms with Gasteiger partial charge in [-0.3, -0.25) is 9.59 Å². The fraction of sp³-hybridized carbons (Fsp3) is 0.867. The first-order valence-corrected chi connectivity index (χ1v) is 7.71. The Hall–Kier alpha value is -1.14. The fourth-order valence-electron chi connectivity index (χ4n) is 2.82. The van der Waals surface area contributed by atoms with E-state index in [0.717, 1.165) is 25.7 Å². The van der Waals surface area contributed by atoms with Gasteiger partial charge in [0, 0.05) is 32.7 Å². The zero-order valence-corrected chi connectivity index (χ0v) is 13.5. The molecule has 6 nitrogen and oxygen atoms in total. The highest BCUT2D eigenvalue weighted by Crippen LogP contribution is 2.31. The van der Waals surface area contributed by atoms with Crippen LogP contribution in [0.15, 0.2) is 0 Å². The topological polar surface area (TPSA) is 70.7 Å². The van der Waals surface area contributed by atoms with Crippen molar-refractivity contribution in [2.45, 2.75) is 44.1 Å². The first-order chi connectivity index (χ1) is 10.0. The molecular formula is C15H29N3O3. The molecule has 2 amide bonds. The molecule has 0 bridgehead atoms. The highest BCUT2D eigenvalue weighted by atomic mass is 16.5. The number of nitrogens with one attached hydrogen (secondary N) is 2. The van der Waals surface area contributed by atoms with Crippen LogP contribution in [0.5, 0.6) is 0 Å². The van der Waals surface area contributed by atoms with Gasteiger partial charge in [0.1, 0.15) is 0 Å². The number of carbonyl (C=O) groups is 2. The second kappa shape index (κ2) is 9.00. The molecule has 6 heteroatoms. The van der Waals surface area contributed by atoms with Gasteiger partial charge >= 0.3 is 0 Å². The first-order valence-electron chi connectivity index (χ1n) is 7.71. The van der Waals surface area contributed by atoms with E-state index in [1.54, 1.807) is 14.2 Å². The maximum absolute atomic E-state index is 12.3. The summed E-state index contributed by atoms with van der Waals surface area (Å²) < 4.78 is 4.87. The number of nitrogens with zero attached hydrogens (tertiary/aromatic N) is 1. The van der Waals surface area contributed by atoms with Crippen molar-refractivity contribution >= 4 is 11.8 Å². The summed E-state index contributed by atoms with van der Waals surface area (Å²) in [6.45, 7) is 1.05. The van der Waals surface area contributed by atoms with Gasteiger partial charge in [-0.15, -0.1) is 0 Å². The Kier molecular flexibility index (Phi) is 7.67. The summed E-state index contributed by atoms with van der Waals surface area (Å²) in [5, 5.41) is 6.06. The number of ether oxygens (including phenoxy) is 1. The van der Waals surface area contributed by atoms with E-state index in [0.29, 0.717) is 19.6 Å². The summed E-state index contributed by atoms with van der Waals surface area (Å²) in [6, 6.07) is 0. The van der Waals surface area contributed by atoms with E-state index in [9.17, 15) is 9.59 Å². The van der Waals surface area contributed by atoms with Gasteiger partial charge in [0.05, 0.1) is 13.2 Å². The number of methoxy groups -OCH3 is 1. The van der Waals surface area contributed by atoms with Crippen LogP contribution in [-0.4, -0.2) is 63.2 Å². The van der Waals surface area contributed by atoms with Gasteiger partial charge < -0.3 is 20.3 Å². The molecule has 0 unspecified atom stereocenters. The van der Waals surface area contributed by atoms with Gasteiger partial charge in [-0.2, -0.15) is 0 Å². The summed E-state index contributed by atoms with van der Waals surface area (Å²) in [4.78, 5) is 25.5. The predicted octanol–water partition coefficient (Wildman–Crippen LogP) is 0.520. The van der Waals surface area contributed by atoms with Crippen LogP contribution in [0.1, 0.15) is 38.5 Å². The van der Waals surface area contributed by atoms with Crippen molar-refractivity contribution in [3.63, 3.8) is 0 Å². The highest BCUT2D eigenvalue weighted by Gasteiger charge is 2.33. The average molecular weight is 299 g/mol. The van der Waals surface area contributed by atoms with E-state index in [4.69, 9.17) is 4.74 Å². The molecular weight excluding hydrogens is 270 g/mol. The standard InChI is InChI=1S/C15H29N3O3/c1-16-15(7-5-4-6-8-15)11-14(20)18(2)12-13(19)17-9-10-21-3/h16H,4-12H2,1-3H3,(H,17,19). The van der Waals surface area contributed by atoms with Gasteiger partial charge in [-0.05, 0) is 19.9 Å². The Labute approximate surface area is 127 Å². The molecule has 0 aromatic carbocycles.